The second-order valence-corrected chi connectivity index (χ2v) is 8.06. The molecule has 0 aromatic carbocycles. The Hall–Kier alpha value is -1.18. The number of thiophene rings is 1. The maximum atomic E-state index is 12.8. The van der Waals surface area contributed by atoms with Crippen LogP contribution in [0.1, 0.15) is 17.0 Å². The number of hydrogen-bond donors (Lipinski definition) is 1. The molecular weight excluding hydrogens is 364 g/mol. The predicted molar refractivity (Wildman–Crippen MR) is 90.8 cm³/mol. The van der Waals surface area contributed by atoms with E-state index in [9.17, 15) is 4.79 Å². The summed E-state index contributed by atoms with van der Waals surface area (Å²) in [6.45, 7) is 2.22. The molecule has 0 unspecified atom stereocenters. The molecule has 2 atom stereocenters. The minimum absolute atomic E-state index is 0.0173. The van der Waals surface area contributed by atoms with Crippen molar-refractivity contribution in [2.24, 2.45) is 13.0 Å². The molecule has 3 heterocycles. The molecular formula is C15H19BrN4OS. The Balaban J connectivity index is 1.70. The van der Waals surface area contributed by atoms with Crippen molar-refractivity contribution >= 4 is 33.2 Å². The summed E-state index contributed by atoms with van der Waals surface area (Å²) >= 11 is 5.11. The van der Waals surface area contributed by atoms with E-state index in [-0.39, 0.29) is 17.7 Å². The minimum Gasteiger partial charge on any atom is -0.341 e. The van der Waals surface area contributed by atoms with Gasteiger partial charge < -0.3 is 10.2 Å². The van der Waals surface area contributed by atoms with Crippen molar-refractivity contribution < 1.29 is 4.79 Å². The van der Waals surface area contributed by atoms with Gasteiger partial charge in [-0.2, -0.15) is 5.10 Å². The number of halogens is 1. The average Bonchev–Trinajstić information content (AvgIpc) is 3.18. The summed E-state index contributed by atoms with van der Waals surface area (Å²) in [4.78, 5) is 14.6. The van der Waals surface area contributed by atoms with Crippen LogP contribution in [0.3, 0.4) is 0 Å². The zero-order valence-electron chi connectivity index (χ0n) is 12.6. The molecule has 1 aliphatic rings. The van der Waals surface area contributed by atoms with Crippen molar-refractivity contribution in [1.29, 1.82) is 0 Å². The third-order valence-electron chi connectivity index (χ3n) is 4.10. The molecule has 1 amide bonds. The van der Waals surface area contributed by atoms with Crippen LogP contribution in [0.15, 0.2) is 27.6 Å². The van der Waals surface area contributed by atoms with Gasteiger partial charge in [0, 0.05) is 45.8 Å². The lowest BCUT2D eigenvalue weighted by atomic mass is 9.90. The number of carbonyl (C=O) groups is 1. The van der Waals surface area contributed by atoms with Crippen LogP contribution in [-0.2, 0) is 18.4 Å². The van der Waals surface area contributed by atoms with Gasteiger partial charge in [0.15, 0.2) is 0 Å². The molecule has 0 aliphatic carbocycles. The fourth-order valence-electron chi connectivity index (χ4n) is 2.98. The normalized spacial score (nSPS) is 21.2. The summed E-state index contributed by atoms with van der Waals surface area (Å²) in [6.07, 6.45) is 3.88. The van der Waals surface area contributed by atoms with E-state index in [0.29, 0.717) is 6.54 Å². The summed E-state index contributed by atoms with van der Waals surface area (Å²) in [6, 6.07) is 2.07. The Labute approximate surface area is 142 Å². The third kappa shape index (κ3) is 3.26. The standard InChI is InChI=1S/C15H19BrN4OS/c1-19(7-10-3-14(16)22-9-10)15(21)13-6-17-5-12(13)11-4-18-20(2)8-11/h3-4,8-9,12-13,17H,5-7H2,1-2H3/t12-,13+/m1/s1. The molecule has 0 radical (unpaired) electrons. The van der Waals surface area contributed by atoms with Crippen LogP contribution in [0.5, 0.6) is 0 Å². The summed E-state index contributed by atoms with van der Waals surface area (Å²) < 4.78 is 2.89. The lowest BCUT2D eigenvalue weighted by Crippen LogP contribution is -2.35. The van der Waals surface area contributed by atoms with E-state index in [1.54, 1.807) is 16.0 Å². The molecule has 0 bridgehead atoms. The monoisotopic (exact) mass is 382 g/mol. The molecule has 2 aromatic heterocycles. The molecule has 7 heteroatoms. The second kappa shape index (κ2) is 6.52. The quantitative estimate of drug-likeness (QED) is 0.881. The van der Waals surface area contributed by atoms with Gasteiger partial charge >= 0.3 is 0 Å². The van der Waals surface area contributed by atoms with Gasteiger partial charge in [-0.1, -0.05) is 0 Å². The first-order valence-corrected chi connectivity index (χ1v) is 8.89. The minimum atomic E-state index is -0.0173. The fraction of sp³-hybridized carbons (Fsp3) is 0.467. The molecule has 118 valence electrons. The Morgan fingerprint density at radius 3 is 3.05 bits per heavy atom. The SMILES string of the molecule is CN(Cc1csc(Br)c1)C(=O)[C@H]1CNC[C@@H]1c1cnn(C)c1. The van der Waals surface area contributed by atoms with E-state index in [0.717, 1.165) is 28.0 Å². The number of aryl methyl sites for hydroxylation is 1. The molecule has 22 heavy (non-hydrogen) atoms. The summed E-state index contributed by atoms with van der Waals surface area (Å²) in [5.74, 6) is 0.385. The number of amides is 1. The fourth-order valence-corrected chi connectivity index (χ4v) is 4.18. The van der Waals surface area contributed by atoms with Crippen molar-refractivity contribution in [2.75, 3.05) is 20.1 Å². The molecule has 1 fully saturated rings. The van der Waals surface area contributed by atoms with Gasteiger partial charge in [-0.25, -0.2) is 0 Å². The van der Waals surface area contributed by atoms with Crippen LogP contribution < -0.4 is 5.32 Å². The number of hydrogen-bond acceptors (Lipinski definition) is 4. The smallest absolute Gasteiger partial charge is 0.227 e. The Morgan fingerprint density at radius 2 is 2.41 bits per heavy atom. The van der Waals surface area contributed by atoms with Crippen LogP contribution >= 0.6 is 27.3 Å². The topological polar surface area (TPSA) is 50.2 Å². The molecule has 1 saturated heterocycles. The van der Waals surface area contributed by atoms with E-state index < -0.39 is 0 Å². The van der Waals surface area contributed by atoms with Gasteiger partial charge in [-0.15, -0.1) is 11.3 Å². The van der Waals surface area contributed by atoms with Crippen molar-refractivity contribution in [3.63, 3.8) is 0 Å². The maximum Gasteiger partial charge on any atom is 0.227 e. The number of aromatic nitrogens is 2. The lowest BCUT2D eigenvalue weighted by molar-refractivity contribution is -0.134. The van der Waals surface area contributed by atoms with Crippen molar-refractivity contribution in [1.82, 2.24) is 20.0 Å². The molecule has 1 aliphatic heterocycles. The zero-order chi connectivity index (χ0) is 15.7. The van der Waals surface area contributed by atoms with Gasteiger partial charge in [0.2, 0.25) is 5.91 Å². The van der Waals surface area contributed by atoms with Crippen molar-refractivity contribution in [3.05, 3.63) is 38.8 Å². The first-order valence-electron chi connectivity index (χ1n) is 7.21. The van der Waals surface area contributed by atoms with E-state index >= 15 is 0 Å². The molecule has 1 N–H and O–H groups in total. The van der Waals surface area contributed by atoms with Crippen LogP contribution in [-0.4, -0.2) is 40.7 Å². The largest absolute Gasteiger partial charge is 0.341 e. The molecule has 0 saturated carbocycles. The second-order valence-electron chi connectivity index (χ2n) is 5.77. The Morgan fingerprint density at radius 1 is 1.59 bits per heavy atom. The van der Waals surface area contributed by atoms with Gasteiger partial charge in [-0.05, 0) is 38.5 Å². The highest BCUT2D eigenvalue weighted by Crippen LogP contribution is 2.30. The van der Waals surface area contributed by atoms with Gasteiger partial charge in [0.05, 0.1) is 15.9 Å². The van der Waals surface area contributed by atoms with E-state index in [1.165, 1.54) is 0 Å². The molecule has 2 aromatic rings. The maximum absolute atomic E-state index is 12.8. The van der Waals surface area contributed by atoms with Crippen LogP contribution in [0.25, 0.3) is 0 Å². The highest BCUT2D eigenvalue weighted by Gasteiger charge is 2.36. The number of nitrogens with zero attached hydrogens (tertiary/aromatic N) is 3. The van der Waals surface area contributed by atoms with Crippen LogP contribution in [0, 0.1) is 5.92 Å². The van der Waals surface area contributed by atoms with Crippen molar-refractivity contribution in [2.45, 2.75) is 12.5 Å². The first-order chi connectivity index (χ1) is 10.5. The summed E-state index contributed by atoms with van der Waals surface area (Å²) in [5.41, 5.74) is 2.30. The molecule has 5 nitrogen and oxygen atoms in total. The van der Waals surface area contributed by atoms with Gasteiger partial charge in [0.1, 0.15) is 0 Å². The highest BCUT2D eigenvalue weighted by molar-refractivity contribution is 9.11. The average molecular weight is 383 g/mol. The van der Waals surface area contributed by atoms with E-state index in [1.807, 2.05) is 31.4 Å². The first kappa shape index (κ1) is 15.7. The zero-order valence-corrected chi connectivity index (χ0v) is 15.0. The van der Waals surface area contributed by atoms with E-state index in [2.05, 4.69) is 37.8 Å². The predicted octanol–water partition coefficient (Wildman–Crippen LogP) is 2.21. The number of rotatable bonds is 4. The lowest BCUT2D eigenvalue weighted by Gasteiger charge is -2.23. The van der Waals surface area contributed by atoms with Crippen LogP contribution in [0.4, 0.5) is 0 Å². The summed E-state index contributed by atoms with van der Waals surface area (Å²) in [7, 11) is 3.79. The van der Waals surface area contributed by atoms with Crippen LogP contribution in [0.2, 0.25) is 0 Å². The molecule has 3 rings (SSSR count). The van der Waals surface area contributed by atoms with Crippen molar-refractivity contribution in [3.8, 4) is 0 Å². The summed E-state index contributed by atoms with van der Waals surface area (Å²) in [5, 5.41) is 9.66. The Kier molecular flexibility index (Phi) is 4.65. The Bertz CT molecular complexity index is 668. The number of nitrogens with one attached hydrogen (secondary N) is 1. The molecule has 0 spiro atoms. The number of carbonyl (C=O) groups excluding carboxylic acids is 1. The van der Waals surface area contributed by atoms with E-state index in [4.69, 9.17) is 0 Å². The van der Waals surface area contributed by atoms with Gasteiger partial charge in [-0.3, -0.25) is 9.48 Å². The highest BCUT2D eigenvalue weighted by atomic mass is 79.9. The third-order valence-corrected chi connectivity index (χ3v) is 5.66. The van der Waals surface area contributed by atoms with Gasteiger partial charge in [0.25, 0.3) is 0 Å².